The van der Waals surface area contributed by atoms with Crippen molar-refractivity contribution in [3.05, 3.63) is 60.8 Å². The van der Waals surface area contributed by atoms with Gasteiger partial charge in [-0.15, -0.1) is 0 Å². The van der Waals surface area contributed by atoms with Crippen molar-refractivity contribution in [1.82, 2.24) is 0 Å². The zero-order valence-electron chi connectivity index (χ0n) is 47.5. The molecule has 12 nitrogen and oxygen atoms in total. The second-order valence-corrected chi connectivity index (χ2v) is 20.6. The van der Waals surface area contributed by atoms with Gasteiger partial charge in [0.05, 0.1) is 6.61 Å². The van der Waals surface area contributed by atoms with Crippen LogP contribution in [0.5, 0.6) is 0 Å². The molecule has 6 unspecified atom stereocenters. The lowest BCUT2D eigenvalue weighted by Gasteiger charge is -2.40. The summed E-state index contributed by atoms with van der Waals surface area (Å²) in [5, 5.41) is 31.5. The molecule has 0 spiro atoms. The molecule has 0 aromatic heterocycles. The molecule has 1 heterocycles. The lowest BCUT2D eigenvalue weighted by molar-refractivity contribution is -0.301. The highest BCUT2D eigenvalue weighted by Crippen LogP contribution is 2.26. The standard InChI is InChI=1S/C63H108O12/c1-4-7-10-13-16-19-22-24-26-27-28-29-31-33-36-39-42-45-48-51-57(66)74-61-59(68)58(67)60(62(69)70)75-63(61)72-53-54(73-56(65)50-47-44-41-38-34-21-18-15-12-9-6-3)52-71-55(64)49-46-43-40-37-35-32-30-25-23-20-17-14-11-8-5-2/h8,11,15,17-18,20,24-26,30,54,58-61,63,67-68H,4-7,9-10,12-14,16,19,21-23,27-29,31-53H2,1-3H3,(H,69,70)/b11-8-,18-15-,20-17-,26-24-,30-25-. The van der Waals surface area contributed by atoms with E-state index in [-0.39, 0.29) is 25.9 Å². The second-order valence-electron chi connectivity index (χ2n) is 20.6. The van der Waals surface area contributed by atoms with Crippen LogP contribution in [0.2, 0.25) is 0 Å². The topological polar surface area (TPSA) is 175 Å². The molecule has 0 aromatic rings. The monoisotopic (exact) mass is 1060 g/mol. The van der Waals surface area contributed by atoms with E-state index in [1.807, 2.05) is 0 Å². The molecule has 1 rings (SSSR count). The van der Waals surface area contributed by atoms with Crippen LogP contribution in [0.4, 0.5) is 0 Å². The Balaban J connectivity index is 2.65. The van der Waals surface area contributed by atoms with Gasteiger partial charge in [-0.2, -0.15) is 0 Å². The Morgan fingerprint density at radius 2 is 0.853 bits per heavy atom. The Bertz CT molecular complexity index is 1540. The van der Waals surface area contributed by atoms with Crippen molar-refractivity contribution < 1.29 is 58.2 Å². The normalized spacial score (nSPS) is 18.5. The van der Waals surface area contributed by atoms with Crippen LogP contribution in [0.3, 0.4) is 0 Å². The first-order chi connectivity index (χ1) is 36.6. The predicted octanol–water partition coefficient (Wildman–Crippen LogP) is 15.6. The van der Waals surface area contributed by atoms with E-state index in [4.69, 9.17) is 23.7 Å². The Morgan fingerprint density at radius 1 is 0.453 bits per heavy atom. The number of rotatable bonds is 51. The van der Waals surface area contributed by atoms with Gasteiger partial charge in [-0.05, 0) is 96.3 Å². The Labute approximate surface area is 456 Å². The van der Waals surface area contributed by atoms with Crippen LogP contribution in [0.1, 0.15) is 265 Å². The number of hydrogen-bond donors (Lipinski definition) is 3. The maximum absolute atomic E-state index is 13.1. The molecule has 3 N–H and O–H groups in total. The number of carbonyl (C=O) groups excluding carboxylic acids is 3. The number of aliphatic hydroxyl groups excluding tert-OH is 2. The number of carboxylic acid groups (broad SMARTS) is 1. The molecule has 0 bridgehead atoms. The highest BCUT2D eigenvalue weighted by molar-refractivity contribution is 5.74. The lowest BCUT2D eigenvalue weighted by atomic mass is 9.98. The van der Waals surface area contributed by atoms with Gasteiger partial charge in [0.25, 0.3) is 0 Å². The Morgan fingerprint density at radius 3 is 1.33 bits per heavy atom. The van der Waals surface area contributed by atoms with Crippen LogP contribution in [-0.4, -0.2) is 89.2 Å². The summed E-state index contributed by atoms with van der Waals surface area (Å²) in [5.74, 6) is -3.15. The van der Waals surface area contributed by atoms with E-state index in [1.165, 1.54) is 83.5 Å². The zero-order valence-corrected chi connectivity index (χ0v) is 47.5. The third-order valence-corrected chi connectivity index (χ3v) is 13.5. The van der Waals surface area contributed by atoms with Crippen LogP contribution in [0, 0.1) is 0 Å². The smallest absolute Gasteiger partial charge is 0.335 e. The minimum Gasteiger partial charge on any atom is -0.479 e. The molecular weight excluding hydrogens is 949 g/mol. The number of carboxylic acids is 1. The summed E-state index contributed by atoms with van der Waals surface area (Å²) in [7, 11) is 0. The third kappa shape index (κ3) is 41.2. The van der Waals surface area contributed by atoms with Gasteiger partial charge in [-0.1, -0.05) is 210 Å². The van der Waals surface area contributed by atoms with Crippen molar-refractivity contribution in [3.8, 4) is 0 Å². The van der Waals surface area contributed by atoms with Crippen molar-refractivity contribution in [2.75, 3.05) is 13.2 Å². The molecule has 75 heavy (non-hydrogen) atoms. The van der Waals surface area contributed by atoms with Gasteiger partial charge in [-0.25, -0.2) is 4.79 Å². The van der Waals surface area contributed by atoms with Gasteiger partial charge >= 0.3 is 23.9 Å². The molecule has 0 aromatic carbocycles. The molecule has 1 fully saturated rings. The van der Waals surface area contributed by atoms with Crippen LogP contribution in [0.25, 0.3) is 0 Å². The SMILES string of the molecule is CC/C=C\C/C=C\C/C=C\CCCCCCCC(=O)OCC(COC1OC(C(=O)O)C(O)C(O)C1OC(=O)CCCCCCCCCCC/C=C\CCCCCCCC)OC(=O)CCCCCCC/C=C\CCCC. The third-order valence-electron chi connectivity index (χ3n) is 13.5. The molecule has 1 saturated heterocycles. The number of hydrogen-bond acceptors (Lipinski definition) is 11. The molecular formula is C63H108O12. The number of unbranched alkanes of at least 4 members (excludes halogenated alkanes) is 27. The summed E-state index contributed by atoms with van der Waals surface area (Å²) in [6.07, 6.45) is 50.5. The summed E-state index contributed by atoms with van der Waals surface area (Å²) < 4.78 is 28.4. The van der Waals surface area contributed by atoms with Gasteiger partial charge in [-0.3, -0.25) is 14.4 Å². The first-order valence-electron chi connectivity index (χ1n) is 30.3. The predicted molar refractivity (Wildman–Crippen MR) is 303 cm³/mol. The number of carbonyl (C=O) groups is 4. The fraction of sp³-hybridized carbons (Fsp3) is 0.778. The van der Waals surface area contributed by atoms with E-state index in [2.05, 4.69) is 81.5 Å². The summed E-state index contributed by atoms with van der Waals surface area (Å²) in [6, 6.07) is 0. The first-order valence-corrected chi connectivity index (χ1v) is 30.3. The van der Waals surface area contributed by atoms with Gasteiger partial charge in [0.1, 0.15) is 18.8 Å². The van der Waals surface area contributed by atoms with Gasteiger partial charge in [0.2, 0.25) is 0 Å². The van der Waals surface area contributed by atoms with E-state index in [0.717, 1.165) is 122 Å². The van der Waals surface area contributed by atoms with E-state index in [9.17, 15) is 34.5 Å². The molecule has 0 aliphatic carbocycles. The number of aliphatic hydroxyl groups is 2. The summed E-state index contributed by atoms with van der Waals surface area (Å²) in [5.41, 5.74) is 0. The van der Waals surface area contributed by atoms with Crippen molar-refractivity contribution in [2.45, 2.75) is 302 Å². The lowest BCUT2D eigenvalue weighted by Crippen LogP contribution is -2.61. The molecule has 12 heteroatoms. The van der Waals surface area contributed by atoms with Crippen molar-refractivity contribution in [1.29, 1.82) is 0 Å². The summed E-state index contributed by atoms with van der Waals surface area (Å²) >= 11 is 0. The largest absolute Gasteiger partial charge is 0.479 e. The van der Waals surface area contributed by atoms with Gasteiger partial charge < -0.3 is 39.0 Å². The Kier molecular flexibility index (Phi) is 47.4. The van der Waals surface area contributed by atoms with Crippen LogP contribution in [0.15, 0.2) is 60.8 Å². The number of aliphatic carboxylic acids is 1. The van der Waals surface area contributed by atoms with Gasteiger partial charge in [0.15, 0.2) is 24.6 Å². The second kappa shape index (κ2) is 51.2. The summed E-state index contributed by atoms with van der Waals surface area (Å²) in [6.45, 7) is 5.83. The molecule has 0 saturated carbocycles. The number of esters is 3. The highest BCUT2D eigenvalue weighted by Gasteiger charge is 2.50. The molecule has 1 aliphatic heterocycles. The number of ether oxygens (including phenoxy) is 5. The molecule has 0 amide bonds. The molecule has 0 radical (unpaired) electrons. The average Bonchev–Trinajstić information content (AvgIpc) is 3.39. The maximum Gasteiger partial charge on any atom is 0.335 e. The summed E-state index contributed by atoms with van der Waals surface area (Å²) in [4.78, 5) is 51.1. The minimum atomic E-state index is -1.91. The fourth-order valence-electron chi connectivity index (χ4n) is 8.89. The maximum atomic E-state index is 13.1. The quantitative estimate of drug-likeness (QED) is 0.0228. The average molecular weight is 1060 g/mol. The highest BCUT2D eigenvalue weighted by atomic mass is 16.7. The minimum absolute atomic E-state index is 0.0558. The van der Waals surface area contributed by atoms with Crippen molar-refractivity contribution in [2.24, 2.45) is 0 Å². The van der Waals surface area contributed by atoms with Crippen LogP contribution < -0.4 is 0 Å². The van der Waals surface area contributed by atoms with Crippen molar-refractivity contribution >= 4 is 23.9 Å². The molecule has 1 aliphatic rings. The first kappa shape index (κ1) is 69.4. The van der Waals surface area contributed by atoms with Crippen LogP contribution >= 0.6 is 0 Å². The number of allylic oxidation sites excluding steroid dienone is 10. The molecule has 6 atom stereocenters. The zero-order chi connectivity index (χ0) is 54.7. The fourth-order valence-corrected chi connectivity index (χ4v) is 8.89. The van der Waals surface area contributed by atoms with Gasteiger partial charge in [0, 0.05) is 19.3 Å². The van der Waals surface area contributed by atoms with E-state index in [0.29, 0.717) is 19.3 Å². The van der Waals surface area contributed by atoms with Crippen molar-refractivity contribution in [3.63, 3.8) is 0 Å². The van der Waals surface area contributed by atoms with E-state index in [1.54, 1.807) is 0 Å². The Hall–Kier alpha value is -3.58. The van der Waals surface area contributed by atoms with E-state index >= 15 is 0 Å². The van der Waals surface area contributed by atoms with E-state index < -0.39 is 67.3 Å². The van der Waals surface area contributed by atoms with Crippen LogP contribution in [-0.2, 0) is 42.9 Å². The molecule has 432 valence electrons.